The van der Waals surface area contributed by atoms with Crippen LogP contribution in [0.1, 0.15) is 23.6 Å². The first kappa shape index (κ1) is 25.4. The Labute approximate surface area is 214 Å². The number of nitrogens with zero attached hydrogens (tertiary/aromatic N) is 2. The standard InChI is InChI=1S/C27H29N5O5/c1-27(14-19-5-3-6-20(13-19)37-2)24(35)32(25(28)31-27)16-18-11-9-17(10-12-18)15-29-26(36)30-21-7-4-8-22(33)23(21)34/h3-13,33-34H,14-16H2,1-2H3,(H2,28,31)(H2,29,30,36). The molecule has 0 saturated carbocycles. The summed E-state index contributed by atoms with van der Waals surface area (Å²) in [5.41, 5.74) is 7.85. The Hall–Kier alpha value is -4.73. The number of ether oxygens (including phenoxy) is 1. The average molecular weight is 504 g/mol. The maximum atomic E-state index is 13.3. The number of urea groups is 1. The molecular weight excluding hydrogens is 474 g/mol. The molecule has 0 aromatic heterocycles. The van der Waals surface area contributed by atoms with Gasteiger partial charge in [0.05, 0.1) is 19.3 Å². The van der Waals surface area contributed by atoms with Gasteiger partial charge in [0.15, 0.2) is 17.5 Å². The van der Waals surface area contributed by atoms with Gasteiger partial charge in [-0.2, -0.15) is 0 Å². The normalized spacial score (nSPS) is 16.9. The van der Waals surface area contributed by atoms with Gasteiger partial charge in [-0.05, 0) is 47.9 Å². The van der Waals surface area contributed by atoms with Crippen molar-refractivity contribution in [2.45, 2.75) is 32.0 Å². The molecule has 10 nitrogen and oxygen atoms in total. The molecule has 0 fully saturated rings. The van der Waals surface area contributed by atoms with Crippen molar-refractivity contribution in [2.24, 2.45) is 10.7 Å². The lowest BCUT2D eigenvalue weighted by molar-refractivity contribution is -0.131. The van der Waals surface area contributed by atoms with Crippen LogP contribution in [0.3, 0.4) is 0 Å². The number of aliphatic imine (C=N–C) groups is 1. The summed E-state index contributed by atoms with van der Waals surface area (Å²) in [6, 6.07) is 18.7. The maximum absolute atomic E-state index is 13.3. The summed E-state index contributed by atoms with van der Waals surface area (Å²) in [7, 11) is 1.60. The number of phenolic OH excluding ortho intramolecular Hbond substituents is 2. The van der Waals surface area contributed by atoms with Crippen LogP contribution < -0.4 is 21.1 Å². The minimum absolute atomic E-state index is 0.0979. The van der Waals surface area contributed by atoms with E-state index < -0.39 is 17.3 Å². The quantitative estimate of drug-likeness (QED) is 0.298. The van der Waals surface area contributed by atoms with E-state index in [0.717, 1.165) is 16.7 Å². The second-order valence-electron chi connectivity index (χ2n) is 8.96. The van der Waals surface area contributed by atoms with Gasteiger partial charge < -0.3 is 31.3 Å². The number of amides is 3. The number of nitrogens with two attached hydrogens (primary N) is 1. The summed E-state index contributed by atoms with van der Waals surface area (Å²) in [6.45, 7) is 2.28. The molecule has 10 heteroatoms. The highest BCUT2D eigenvalue weighted by Gasteiger charge is 2.43. The lowest BCUT2D eigenvalue weighted by Gasteiger charge is -2.22. The van der Waals surface area contributed by atoms with E-state index in [1.807, 2.05) is 48.5 Å². The third-order valence-corrected chi connectivity index (χ3v) is 6.11. The van der Waals surface area contributed by atoms with Crippen molar-refractivity contribution in [3.8, 4) is 17.2 Å². The van der Waals surface area contributed by atoms with Crippen LogP contribution in [0.2, 0.25) is 0 Å². The molecule has 3 aromatic carbocycles. The summed E-state index contributed by atoms with van der Waals surface area (Å²) >= 11 is 0. The molecule has 1 aliphatic rings. The van der Waals surface area contributed by atoms with Crippen molar-refractivity contribution in [2.75, 3.05) is 12.4 Å². The summed E-state index contributed by atoms with van der Waals surface area (Å²) in [5.74, 6) is -0.0135. The van der Waals surface area contributed by atoms with E-state index in [1.54, 1.807) is 14.0 Å². The Morgan fingerprint density at radius 1 is 1.05 bits per heavy atom. The van der Waals surface area contributed by atoms with Crippen molar-refractivity contribution in [1.82, 2.24) is 10.2 Å². The van der Waals surface area contributed by atoms with Gasteiger partial charge in [0.25, 0.3) is 5.91 Å². The summed E-state index contributed by atoms with van der Waals surface area (Å²) in [4.78, 5) is 31.4. The summed E-state index contributed by atoms with van der Waals surface area (Å²) in [6.07, 6.45) is 0.396. The smallest absolute Gasteiger partial charge is 0.319 e. The molecule has 1 heterocycles. The predicted octanol–water partition coefficient (Wildman–Crippen LogP) is 3.09. The lowest BCUT2D eigenvalue weighted by Crippen LogP contribution is -2.43. The number of benzene rings is 3. The van der Waals surface area contributed by atoms with Gasteiger partial charge in [-0.15, -0.1) is 0 Å². The Kier molecular flexibility index (Phi) is 7.19. The van der Waals surface area contributed by atoms with E-state index in [9.17, 15) is 19.8 Å². The minimum Gasteiger partial charge on any atom is -0.504 e. The minimum atomic E-state index is -1.00. The fourth-order valence-electron chi connectivity index (χ4n) is 4.13. The average Bonchev–Trinajstić information content (AvgIpc) is 3.09. The van der Waals surface area contributed by atoms with Crippen molar-refractivity contribution in [1.29, 1.82) is 0 Å². The number of phenols is 2. The fourth-order valence-corrected chi connectivity index (χ4v) is 4.13. The van der Waals surface area contributed by atoms with Gasteiger partial charge in [-0.3, -0.25) is 9.69 Å². The third kappa shape index (κ3) is 5.75. The highest BCUT2D eigenvalue weighted by Crippen LogP contribution is 2.32. The molecule has 1 unspecified atom stereocenters. The molecule has 4 rings (SSSR count). The number of methoxy groups -OCH3 is 1. The molecule has 0 spiro atoms. The van der Waals surface area contributed by atoms with Gasteiger partial charge in [0, 0.05) is 13.0 Å². The topological polar surface area (TPSA) is 150 Å². The number of hydrogen-bond donors (Lipinski definition) is 5. The number of rotatable bonds is 8. The fraction of sp³-hybridized carbons (Fsp3) is 0.222. The Balaban J connectivity index is 1.33. The third-order valence-electron chi connectivity index (χ3n) is 6.11. The zero-order valence-corrected chi connectivity index (χ0v) is 20.6. The first-order valence-electron chi connectivity index (χ1n) is 11.6. The van der Waals surface area contributed by atoms with Crippen LogP contribution in [-0.2, 0) is 24.3 Å². The summed E-state index contributed by atoms with van der Waals surface area (Å²) < 4.78 is 5.27. The SMILES string of the molecule is COc1cccc(CC2(C)N=C(N)N(Cc3ccc(CNC(=O)Nc4cccc(O)c4O)cc3)C2=O)c1. The predicted molar refractivity (Wildman–Crippen MR) is 139 cm³/mol. The molecule has 6 N–H and O–H groups in total. The largest absolute Gasteiger partial charge is 0.504 e. The van der Waals surface area contributed by atoms with Crippen molar-refractivity contribution in [3.05, 3.63) is 83.4 Å². The number of aromatic hydroxyl groups is 2. The molecule has 3 aromatic rings. The van der Waals surface area contributed by atoms with Gasteiger partial charge in [-0.1, -0.05) is 42.5 Å². The Bertz CT molecular complexity index is 1340. The molecule has 37 heavy (non-hydrogen) atoms. The van der Waals surface area contributed by atoms with E-state index in [1.165, 1.54) is 23.1 Å². The zero-order valence-electron chi connectivity index (χ0n) is 20.6. The molecular formula is C27H29N5O5. The van der Waals surface area contributed by atoms with E-state index in [4.69, 9.17) is 10.5 Å². The second kappa shape index (κ2) is 10.5. The number of guanidine groups is 1. The monoisotopic (exact) mass is 503 g/mol. The van der Waals surface area contributed by atoms with Crippen LogP contribution in [0.5, 0.6) is 17.2 Å². The van der Waals surface area contributed by atoms with Gasteiger partial charge in [0.2, 0.25) is 0 Å². The van der Waals surface area contributed by atoms with E-state index in [2.05, 4.69) is 15.6 Å². The maximum Gasteiger partial charge on any atom is 0.319 e. The zero-order chi connectivity index (χ0) is 26.6. The Morgan fingerprint density at radius 2 is 1.76 bits per heavy atom. The number of nitrogens with one attached hydrogen (secondary N) is 2. The van der Waals surface area contributed by atoms with E-state index in [-0.39, 0.29) is 36.4 Å². The van der Waals surface area contributed by atoms with Crippen LogP contribution in [0, 0.1) is 0 Å². The number of hydrogen-bond acceptors (Lipinski definition) is 7. The van der Waals surface area contributed by atoms with Gasteiger partial charge in [-0.25, -0.2) is 9.79 Å². The second-order valence-corrected chi connectivity index (χ2v) is 8.96. The molecule has 3 amide bonds. The van der Waals surface area contributed by atoms with Gasteiger partial charge >= 0.3 is 6.03 Å². The number of anilines is 1. The van der Waals surface area contributed by atoms with Crippen LogP contribution in [0.25, 0.3) is 0 Å². The highest BCUT2D eigenvalue weighted by atomic mass is 16.5. The summed E-state index contributed by atoms with van der Waals surface area (Å²) in [5, 5.41) is 24.5. The number of para-hydroxylation sites is 1. The van der Waals surface area contributed by atoms with Crippen LogP contribution in [-0.4, -0.2) is 45.7 Å². The van der Waals surface area contributed by atoms with Crippen molar-refractivity contribution < 1.29 is 24.5 Å². The molecule has 1 atom stereocenters. The molecule has 1 aliphatic heterocycles. The Morgan fingerprint density at radius 3 is 2.49 bits per heavy atom. The molecule has 192 valence electrons. The van der Waals surface area contributed by atoms with E-state index in [0.29, 0.717) is 12.2 Å². The van der Waals surface area contributed by atoms with Gasteiger partial charge in [0.1, 0.15) is 11.3 Å². The molecule has 0 bridgehead atoms. The first-order chi connectivity index (χ1) is 17.7. The number of carbonyl (C=O) groups is 2. The molecule has 0 saturated heterocycles. The first-order valence-corrected chi connectivity index (χ1v) is 11.6. The number of carbonyl (C=O) groups excluding carboxylic acids is 2. The lowest BCUT2D eigenvalue weighted by atomic mass is 9.92. The van der Waals surface area contributed by atoms with Crippen LogP contribution in [0.15, 0.2) is 71.7 Å². The van der Waals surface area contributed by atoms with Crippen molar-refractivity contribution >= 4 is 23.6 Å². The molecule has 0 radical (unpaired) electrons. The van der Waals surface area contributed by atoms with Crippen molar-refractivity contribution in [3.63, 3.8) is 0 Å². The highest BCUT2D eigenvalue weighted by molar-refractivity contribution is 6.06. The van der Waals surface area contributed by atoms with Crippen LogP contribution in [0.4, 0.5) is 10.5 Å². The van der Waals surface area contributed by atoms with Crippen LogP contribution >= 0.6 is 0 Å². The molecule has 0 aliphatic carbocycles. The van der Waals surface area contributed by atoms with E-state index >= 15 is 0 Å².